The fourth-order valence-corrected chi connectivity index (χ4v) is 16.3. The minimum atomic E-state index is 0.419. The van der Waals surface area contributed by atoms with Gasteiger partial charge in [0.1, 0.15) is 23.3 Å². The van der Waals surface area contributed by atoms with Gasteiger partial charge in [0.05, 0.1) is 66.9 Å². The summed E-state index contributed by atoms with van der Waals surface area (Å²) in [5.74, 6) is 0. The van der Waals surface area contributed by atoms with Gasteiger partial charge in [0.15, 0.2) is 0 Å². The van der Waals surface area contributed by atoms with Crippen LogP contribution in [0.1, 0.15) is 11.1 Å². The van der Waals surface area contributed by atoms with Gasteiger partial charge in [-0.3, -0.25) is 0 Å². The number of thiophene rings is 1. The summed E-state index contributed by atoms with van der Waals surface area (Å²) < 4.78 is 11.6. The molecule has 0 aliphatic heterocycles. The van der Waals surface area contributed by atoms with Crippen LogP contribution in [0.2, 0.25) is 0 Å². The first-order valence-corrected chi connectivity index (χ1v) is 29.5. The monoisotopic (exact) mass is 1090 g/mol. The van der Waals surface area contributed by atoms with Gasteiger partial charge in [0, 0.05) is 63.3 Å². The predicted octanol–water partition coefficient (Wildman–Crippen LogP) is 20.7. The lowest BCUT2D eigenvalue weighted by Crippen LogP contribution is -2.16. The lowest BCUT2D eigenvalue weighted by atomic mass is 9.94. The van der Waals surface area contributed by atoms with Gasteiger partial charge < -0.3 is 18.3 Å². The first-order chi connectivity index (χ1) is 42.2. The average molecular weight is 1100 g/mol. The van der Waals surface area contributed by atoms with E-state index in [1.165, 1.54) is 53.2 Å². The molecular formula is C78H42N6S. The molecule has 1 aliphatic carbocycles. The Labute approximate surface area is 489 Å². The molecule has 19 rings (SSSR count). The van der Waals surface area contributed by atoms with Crippen LogP contribution in [0.25, 0.3) is 174 Å². The third kappa shape index (κ3) is 5.98. The number of rotatable bonds is 5. The van der Waals surface area contributed by atoms with Crippen molar-refractivity contribution in [2.24, 2.45) is 0 Å². The zero-order chi connectivity index (χ0) is 55.8. The second-order valence-electron chi connectivity index (χ2n) is 22.4. The quantitative estimate of drug-likeness (QED) is 0.172. The maximum atomic E-state index is 13.0. The van der Waals surface area contributed by atoms with Crippen LogP contribution < -0.4 is 0 Å². The normalized spacial score (nSPS) is 12.2. The fourth-order valence-electron chi connectivity index (χ4n) is 15.0. The van der Waals surface area contributed by atoms with Gasteiger partial charge in [-0.25, -0.2) is 0 Å². The fraction of sp³-hybridized carbons (Fsp3) is 0. The molecule has 7 heteroatoms. The molecule has 5 heterocycles. The molecule has 6 nitrogen and oxygen atoms in total. The molecule has 5 aromatic heterocycles. The van der Waals surface area contributed by atoms with Crippen LogP contribution in [0.15, 0.2) is 255 Å². The molecular weight excluding hydrogens is 1050 g/mol. The molecule has 390 valence electrons. The van der Waals surface area contributed by atoms with Crippen LogP contribution in [0, 0.1) is 22.7 Å². The molecule has 0 spiro atoms. The molecule has 13 aromatic carbocycles. The Hall–Kier alpha value is -11.5. The minimum Gasteiger partial charge on any atom is -0.306 e. The van der Waals surface area contributed by atoms with Crippen LogP contribution in [-0.4, -0.2) is 18.3 Å². The maximum absolute atomic E-state index is 13.0. The predicted molar refractivity (Wildman–Crippen MR) is 353 cm³/mol. The summed E-state index contributed by atoms with van der Waals surface area (Å²) in [6.45, 7) is 0. The highest BCUT2D eigenvalue weighted by Crippen LogP contribution is 2.53. The van der Waals surface area contributed by atoms with Gasteiger partial charge in [0.2, 0.25) is 0 Å². The molecule has 1 aliphatic rings. The Morgan fingerprint density at radius 1 is 0.259 bits per heavy atom. The second-order valence-corrected chi connectivity index (χ2v) is 23.5. The molecule has 0 saturated heterocycles. The van der Waals surface area contributed by atoms with E-state index in [4.69, 9.17) is 0 Å². The SMILES string of the molecule is N#Cc1c(-n2c3ccccc3c3ccccc32)c(-n2c3ccccc3c3ccccc32)c(C#N)c(-n2c3cc(-c4ccc5c6c(cccc46)-c4ccccc4-5)ccc3c3c4sc5ccccc5c4ccc32)c1-n1c2ccccc2c2ccccc21. The van der Waals surface area contributed by atoms with E-state index in [1.54, 1.807) is 0 Å². The van der Waals surface area contributed by atoms with Crippen molar-refractivity contribution in [3.63, 3.8) is 0 Å². The van der Waals surface area contributed by atoms with Crippen molar-refractivity contribution < 1.29 is 0 Å². The summed E-state index contributed by atoms with van der Waals surface area (Å²) in [7, 11) is 0. The van der Waals surface area contributed by atoms with Crippen molar-refractivity contribution in [2.45, 2.75) is 0 Å². The second kappa shape index (κ2) is 17.0. The zero-order valence-corrected chi connectivity index (χ0v) is 46.2. The van der Waals surface area contributed by atoms with Gasteiger partial charge in [-0.05, 0) is 98.8 Å². The van der Waals surface area contributed by atoms with Crippen LogP contribution in [0.5, 0.6) is 0 Å². The van der Waals surface area contributed by atoms with Crippen molar-refractivity contribution in [2.75, 3.05) is 0 Å². The maximum Gasteiger partial charge on any atom is 0.104 e. The molecule has 0 amide bonds. The number of fused-ring (bicyclic) bond motifs is 19. The summed E-state index contributed by atoms with van der Waals surface area (Å²) in [6, 6.07) is 97.1. The van der Waals surface area contributed by atoms with E-state index in [1.807, 2.05) is 11.3 Å². The van der Waals surface area contributed by atoms with Crippen LogP contribution >= 0.6 is 11.3 Å². The summed E-state index contributed by atoms with van der Waals surface area (Å²) in [6.07, 6.45) is 0. The molecule has 0 radical (unpaired) electrons. The highest BCUT2D eigenvalue weighted by atomic mass is 32.1. The number of nitrogens with zero attached hydrogens (tertiary/aromatic N) is 6. The Bertz CT molecular complexity index is 5950. The topological polar surface area (TPSA) is 67.3 Å². The lowest BCUT2D eigenvalue weighted by molar-refractivity contribution is 1.02. The summed E-state index contributed by atoms with van der Waals surface area (Å²) in [5, 5.41) is 39.2. The van der Waals surface area contributed by atoms with Gasteiger partial charge in [-0.15, -0.1) is 11.3 Å². The molecule has 0 unspecified atom stereocenters. The number of nitriles is 2. The van der Waals surface area contributed by atoms with Crippen molar-refractivity contribution in [1.82, 2.24) is 18.3 Å². The van der Waals surface area contributed by atoms with E-state index in [9.17, 15) is 10.5 Å². The molecule has 0 saturated carbocycles. The van der Waals surface area contributed by atoms with E-state index in [0.717, 1.165) is 98.4 Å². The summed E-state index contributed by atoms with van der Waals surface area (Å²) >= 11 is 1.81. The molecule has 0 atom stereocenters. The highest BCUT2D eigenvalue weighted by Gasteiger charge is 2.35. The van der Waals surface area contributed by atoms with Crippen LogP contribution in [0.3, 0.4) is 0 Å². The number of hydrogen-bond acceptors (Lipinski definition) is 3. The van der Waals surface area contributed by atoms with Crippen LogP contribution in [-0.2, 0) is 0 Å². The Balaban J connectivity index is 1.07. The van der Waals surface area contributed by atoms with Crippen molar-refractivity contribution >= 4 is 130 Å². The van der Waals surface area contributed by atoms with Gasteiger partial charge >= 0.3 is 0 Å². The third-order valence-corrected chi connectivity index (χ3v) is 19.6. The van der Waals surface area contributed by atoms with Gasteiger partial charge in [-0.2, -0.15) is 10.5 Å². The Morgan fingerprint density at radius 3 is 1.12 bits per heavy atom. The first kappa shape index (κ1) is 46.2. The van der Waals surface area contributed by atoms with E-state index < -0.39 is 0 Å². The summed E-state index contributed by atoms with van der Waals surface area (Å²) in [5.41, 5.74) is 17.8. The molecule has 18 aromatic rings. The van der Waals surface area contributed by atoms with Gasteiger partial charge in [-0.1, -0.05) is 200 Å². The largest absolute Gasteiger partial charge is 0.306 e. The van der Waals surface area contributed by atoms with E-state index in [-0.39, 0.29) is 0 Å². The number of aromatic nitrogens is 4. The first-order valence-electron chi connectivity index (χ1n) is 28.7. The van der Waals surface area contributed by atoms with E-state index in [2.05, 4.69) is 285 Å². The van der Waals surface area contributed by atoms with Crippen molar-refractivity contribution in [1.29, 1.82) is 10.5 Å². The minimum absolute atomic E-state index is 0.419. The highest BCUT2D eigenvalue weighted by molar-refractivity contribution is 7.26. The zero-order valence-electron chi connectivity index (χ0n) is 45.3. The number of hydrogen-bond donors (Lipinski definition) is 0. The number of para-hydroxylation sites is 6. The Morgan fingerprint density at radius 2 is 0.635 bits per heavy atom. The molecule has 0 N–H and O–H groups in total. The molecule has 0 bridgehead atoms. The van der Waals surface area contributed by atoms with Gasteiger partial charge in [0.25, 0.3) is 0 Å². The van der Waals surface area contributed by atoms with E-state index in [0.29, 0.717) is 33.9 Å². The van der Waals surface area contributed by atoms with Crippen LogP contribution in [0.4, 0.5) is 0 Å². The van der Waals surface area contributed by atoms with E-state index >= 15 is 0 Å². The lowest BCUT2D eigenvalue weighted by Gasteiger charge is -2.27. The third-order valence-electron chi connectivity index (χ3n) is 18.4. The Kier molecular flexibility index (Phi) is 9.26. The van der Waals surface area contributed by atoms with Crippen molar-refractivity contribution in [3.05, 3.63) is 266 Å². The summed E-state index contributed by atoms with van der Waals surface area (Å²) in [4.78, 5) is 0. The molecule has 85 heavy (non-hydrogen) atoms. The van der Waals surface area contributed by atoms with Crippen molar-refractivity contribution in [3.8, 4) is 68.3 Å². The molecule has 0 fully saturated rings. The smallest absolute Gasteiger partial charge is 0.104 e. The average Bonchev–Trinajstić information content (AvgIpc) is 1.81. The number of benzene rings is 13. The standard InChI is InChI=1S/C78H42N6S/c79-43-61-74(81-63-29-10-3-20-49(63)50-21-4-11-30-64(50)81)75(82-65-31-12-5-22-51(65)52-23-6-13-32-66(52)82)62(44-80)77(76(61)83-67-33-14-7-24-53(67)54-25-8-15-34-68(54)83)84-69-41-40-59-55-26-9-16-35-71(55)85-78(59)73(69)60-37-36-45(42-70(60)84)46-38-39-58-48-19-2-1-18-47(48)57-28-17-27-56(46)72(57)58/h1-42H.